The molecule has 0 fully saturated rings. The van der Waals surface area contributed by atoms with Crippen molar-refractivity contribution in [3.63, 3.8) is 0 Å². The van der Waals surface area contributed by atoms with Crippen LogP contribution in [-0.4, -0.2) is 27.0 Å². The molecule has 32 heavy (non-hydrogen) atoms. The molecule has 0 aliphatic carbocycles. The first-order valence-electron chi connectivity index (χ1n) is 10.1. The number of carbonyl (C=O) groups is 1. The Morgan fingerprint density at radius 1 is 1.06 bits per heavy atom. The van der Waals surface area contributed by atoms with E-state index in [9.17, 15) is 13.2 Å². The summed E-state index contributed by atoms with van der Waals surface area (Å²) in [5, 5.41) is 3.35. The standard InChI is InChI=1S/C24H23ClN2O4S/c1-16-7-10-19(11-8-16)32(29,30)27-15-23(31-22-13-17(2)9-12-21(22)27)24(28)26-14-18-5-3-4-6-20(18)25/h3-13,23H,14-15H2,1-2H3,(H,26,28)/t23-/m1/s1. The molecule has 1 amide bonds. The lowest BCUT2D eigenvalue weighted by Gasteiger charge is -2.35. The quantitative estimate of drug-likeness (QED) is 0.605. The van der Waals surface area contributed by atoms with Crippen molar-refractivity contribution < 1.29 is 17.9 Å². The zero-order chi connectivity index (χ0) is 22.9. The molecule has 1 heterocycles. The van der Waals surface area contributed by atoms with E-state index in [0.29, 0.717) is 16.5 Å². The maximum atomic E-state index is 13.5. The van der Waals surface area contributed by atoms with Gasteiger partial charge in [0.05, 0.1) is 17.1 Å². The van der Waals surface area contributed by atoms with E-state index in [4.69, 9.17) is 16.3 Å². The third kappa shape index (κ3) is 4.45. The molecule has 3 aromatic rings. The summed E-state index contributed by atoms with van der Waals surface area (Å²) in [4.78, 5) is 13.1. The molecule has 1 atom stereocenters. The number of anilines is 1. The van der Waals surface area contributed by atoms with Crippen molar-refractivity contribution in [2.75, 3.05) is 10.8 Å². The third-order valence-electron chi connectivity index (χ3n) is 5.30. The Hall–Kier alpha value is -3.03. The van der Waals surface area contributed by atoms with Crippen molar-refractivity contribution in [1.29, 1.82) is 0 Å². The second-order valence-corrected chi connectivity index (χ2v) is 10.0. The molecule has 6 nitrogen and oxygen atoms in total. The molecule has 0 saturated heterocycles. The van der Waals surface area contributed by atoms with E-state index in [1.54, 1.807) is 42.5 Å². The summed E-state index contributed by atoms with van der Waals surface area (Å²) in [7, 11) is -3.89. The average molecular weight is 471 g/mol. The van der Waals surface area contributed by atoms with Gasteiger partial charge in [0, 0.05) is 11.6 Å². The number of hydrogen-bond acceptors (Lipinski definition) is 4. The lowest BCUT2D eigenvalue weighted by molar-refractivity contribution is -0.127. The van der Waals surface area contributed by atoms with E-state index in [0.717, 1.165) is 16.7 Å². The van der Waals surface area contributed by atoms with Crippen molar-refractivity contribution in [2.24, 2.45) is 0 Å². The second kappa shape index (κ2) is 8.84. The Kier molecular flexibility index (Phi) is 6.13. The van der Waals surface area contributed by atoms with Crippen LogP contribution in [0.2, 0.25) is 5.02 Å². The number of aryl methyl sites for hydroxylation is 2. The van der Waals surface area contributed by atoms with Crippen molar-refractivity contribution in [3.05, 3.63) is 88.4 Å². The van der Waals surface area contributed by atoms with Crippen molar-refractivity contribution >= 4 is 33.2 Å². The Morgan fingerprint density at radius 2 is 1.75 bits per heavy atom. The van der Waals surface area contributed by atoms with Gasteiger partial charge in [-0.25, -0.2) is 8.42 Å². The largest absolute Gasteiger partial charge is 0.476 e. The van der Waals surface area contributed by atoms with Crippen LogP contribution in [0.3, 0.4) is 0 Å². The molecule has 0 saturated carbocycles. The maximum absolute atomic E-state index is 13.5. The fourth-order valence-electron chi connectivity index (χ4n) is 3.50. The van der Waals surface area contributed by atoms with E-state index in [1.165, 1.54) is 4.31 Å². The van der Waals surface area contributed by atoms with E-state index in [2.05, 4.69) is 5.32 Å². The third-order valence-corrected chi connectivity index (χ3v) is 7.46. The Morgan fingerprint density at radius 3 is 2.47 bits per heavy atom. The lowest BCUT2D eigenvalue weighted by Crippen LogP contribution is -2.50. The van der Waals surface area contributed by atoms with E-state index in [-0.39, 0.29) is 18.0 Å². The molecule has 1 N–H and O–H groups in total. The highest BCUT2D eigenvalue weighted by molar-refractivity contribution is 7.92. The molecule has 0 radical (unpaired) electrons. The topological polar surface area (TPSA) is 75.7 Å². The molecular formula is C24H23ClN2O4S. The zero-order valence-electron chi connectivity index (χ0n) is 17.7. The van der Waals surface area contributed by atoms with Gasteiger partial charge in [-0.3, -0.25) is 9.10 Å². The number of hydrogen-bond donors (Lipinski definition) is 1. The Bertz CT molecular complexity index is 1260. The van der Waals surface area contributed by atoms with Gasteiger partial charge in [-0.15, -0.1) is 0 Å². The van der Waals surface area contributed by atoms with Crippen LogP contribution in [0.4, 0.5) is 5.69 Å². The fraction of sp³-hybridized carbons (Fsp3) is 0.208. The van der Waals surface area contributed by atoms with Crippen LogP contribution in [0, 0.1) is 13.8 Å². The number of amides is 1. The molecule has 0 unspecified atom stereocenters. The molecule has 3 aromatic carbocycles. The molecule has 0 bridgehead atoms. The summed E-state index contributed by atoms with van der Waals surface area (Å²) >= 11 is 6.17. The Labute approximate surface area is 192 Å². The van der Waals surface area contributed by atoms with Gasteiger partial charge in [0.1, 0.15) is 5.75 Å². The second-order valence-electron chi connectivity index (χ2n) is 7.74. The molecule has 166 valence electrons. The summed E-state index contributed by atoms with van der Waals surface area (Å²) in [5.74, 6) is -0.0639. The molecule has 0 aromatic heterocycles. The van der Waals surface area contributed by atoms with Crippen molar-refractivity contribution in [3.8, 4) is 5.75 Å². The number of carbonyl (C=O) groups excluding carboxylic acids is 1. The van der Waals surface area contributed by atoms with E-state index < -0.39 is 22.0 Å². The average Bonchev–Trinajstić information content (AvgIpc) is 2.77. The van der Waals surface area contributed by atoms with Crippen molar-refractivity contribution in [2.45, 2.75) is 31.4 Å². The van der Waals surface area contributed by atoms with Crippen molar-refractivity contribution in [1.82, 2.24) is 5.32 Å². The number of nitrogens with zero attached hydrogens (tertiary/aromatic N) is 1. The van der Waals surface area contributed by atoms with Gasteiger partial charge in [0.25, 0.3) is 15.9 Å². The first-order valence-corrected chi connectivity index (χ1v) is 12.0. The lowest BCUT2D eigenvalue weighted by atomic mass is 10.1. The normalized spacial score (nSPS) is 15.6. The number of rotatable bonds is 5. The maximum Gasteiger partial charge on any atom is 0.264 e. The van der Waals surface area contributed by atoms with E-state index in [1.807, 2.05) is 38.1 Å². The predicted octanol–water partition coefficient (Wildman–Crippen LogP) is 4.23. The minimum atomic E-state index is -3.89. The summed E-state index contributed by atoms with van der Waals surface area (Å²) in [6.45, 7) is 3.84. The number of ether oxygens (including phenoxy) is 1. The molecule has 1 aliphatic heterocycles. The highest BCUT2D eigenvalue weighted by Gasteiger charge is 2.37. The molecule has 0 spiro atoms. The summed E-state index contributed by atoms with van der Waals surface area (Å²) in [6, 6.07) is 19.1. The fourth-order valence-corrected chi connectivity index (χ4v) is 5.18. The Balaban J connectivity index is 1.63. The predicted molar refractivity (Wildman–Crippen MR) is 125 cm³/mol. The van der Waals surface area contributed by atoms with Gasteiger partial charge in [0.15, 0.2) is 6.10 Å². The molecule has 4 rings (SSSR count). The van der Waals surface area contributed by atoms with Crippen LogP contribution in [0.5, 0.6) is 5.75 Å². The highest BCUT2D eigenvalue weighted by atomic mass is 35.5. The number of fused-ring (bicyclic) bond motifs is 1. The summed E-state index contributed by atoms with van der Waals surface area (Å²) in [6.07, 6.45) is -1.01. The minimum absolute atomic E-state index is 0.138. The zero-order valence-corrected chi connectivity index (χ0v) is 19.3. The molecule has 8 heteroatoms. The highest BCUT2D eigenvalue weighted by Crippen LogP contribution is 2.37. The van der Waals surface area contributed by atoms with Crippen LogP contribution in [0.15, 0.2) is 71.6 Å². The van der Waals surface area contributed by atoms with Crippen LogP contribution in [-0.2, 0) is 21.4 Å². The van der Waals surface area contributed by atoms with Crippen LogP contribution in [0.25, 0.3) is 0 Å². The SMILES string of the molecule is Cc1ccc(S(=O)(=O)N2C[C@H](C(=O)NCc3ccccc3Cl)Oc3cc(C)ccc32)cc1. The number of nitrogens with one attached hydrogen (secondary N) is 1. The van der Waals surface area contributed by atoms with Gasteiger partial charge >= 0.3 is 0 Å². The van der Waals surface area contributed by atoms with Crippen LogP contribution < -0.4 is 14.4 Å². The van der Waals surface area contributed by atoms with Crippen LogP contribution >= 0.6 is 11.6 Å². The monoisotopic (exact) mass is 470 g/mol. The van der Waals surface area contributed by atoms with Gasteiger partial charge in [-0.05, 0) is 55.3 Å². The van der Waals surface area contributed by atoms with Gasteiger partial charge in [-0.1, -0.05) is 53.6 Å². The molecular weight excluding hydrogens is 448 g/mol. The van der Waals surface area contributed by atoms with Gasteiger partial charge in [-0.2, -0.15) is 0 Å². The first-order chi connectivity index (χ1) is 15.3. The minimum Gasteiger partial charge on any atom is -0.476 e. The van der Waals surface area contributed by atoms with Gasteiger partial charge in [0.2, 0.25) is 0 Å². The smallest absolute Gasteiger partial charge is 0.264 e. The van der Waals surface area contributed by atoms with Crippen LogP contribution in [0.1, 0.15) is 16.7 Å². The van der Waals surface area contributed by atoms with E-state index >= 15 is 0 Å². The summed E-state index contributed by atoms with van der Waals surface area (Å²) in [5.41, 5.74) is 3.03. The molecule has 1 aliphatic rings. The number of sulfonamides is 1. The summed E-state index contributed by atoms with van der Waals surface area (Å²) < 4.78 is 34.1. The van der Waals surface area contributed by atoms with Gasteiger partial charge < -0.3 is 10.1 Å². The number of benzene rings is 3. The number of halogens is 1. The first kappa shape index (κ1) is 22.2.